The molecule has 0 aliphatic carbocycles. The number of nitriles is 1. The second kappa shape index (κ2) is 4.75. The maximum absolute atomic E-state index is 8.86. The fourth-order valence-electron chi connectivity index (χ4n) is 2.14. The van der Waals surface area contributed by atoms with Gasteiger partial charge in [-0.25, -0.2) is 4.98 Å². The van der Waals surface area contributed by atoms with Crippen molar-refractivity contribution in [3.05, 3.63) is 65.1 Å². The Morgan fingerprint density at radius 3 is 2.95 bits per heavy atom. The summed E-state index contributed by atoms with van der Waals surface area (Å²) in [4.78, 5) is 3.97. The van der Waals surface area contributed by atoms with Crippen LogP contribution in [0, 0.1) is 11.3 Å². The Bertz CT molecular complexity index is 783. The number of rotatable bonds is 2. The summed E-state index contributed by atoms with van der Waals surface area (Å²) >= 11 is 5.97. The molecule has 0 aliphatic heterocycles. The van der Waals surface area contributed by atoms with Crippen LogP contribution in [0.5, 0.6) is 0 Å². The first-order valence-corrected chi connectivity index (χ1v) is 6.23. The Hall–Kier alpha value is -2.31. The maximum atomic E-state index is 8.86. The molecule has 0 atom stereocenters. The molecule has 1 aromatic carbocycles. The Kier molecular flexibility index (Phi) is 2.94. The smallest absolute Gasteiger partial charge is 0.140 e. The third-order valence-corrected chi connectivity index (χ3v) is 3.26. The van der Waals surface area contributed by atoms with Gasteiger partial charge in [0.15, 0.2) is 0 Å². The zero-order valence-corrected chi connectivity index (χ0v) is 10.8. The van der Waals surface area contributed by atoms with Gasteiger partial charge in [-0.2, -0.15) is 5.26 Å². The average Bonchev–Trinajstić information content (AvgIpc) is 2.81. The second-order valence-electron chi connectivity index (χ2n) is 4.31. The Morgan fingerprint density at radius 2 is 2.11 bits per heavy atom. The summed E-state index contributed by atoms with van der Waals surface area (Å²) in [6, 6.07) is 13.6. The minimum absolute atomic E-state index is 0.442. The van der Waals surface area contributed by atoms with Gasteiger partial charge in [-0.05, 0) is 42.0 Å². The molecule has 0 radical (unpaired) electrons. The minimum Gasteiger partial charge on any atom is -0.343 e. The summed E-state index contributed by atoms with van der Waals surface area (Å²) in [6.45, 7) is 0.711. The summed E-state index contributed by atoms with van der Waals surface area (Å²) in [5.74, 6) is 0. The van der Waals surface area contributed by atoms with Crippen LogP contribution >= 0.6 is 11.6 Å². The number of fused-ring (bicyclic) bond motifs is 1. The zero-order chi connectivity index (χ0) is 13.2. The van der Waals surface area contributed by atoms with Gasteiger partial charge in [-0.1, -0.05) is 11.6 Å². The molecule has 0 unspecified atom stereocenters. The zero-order valence-electron chi connectivity index (χ0n) is 10.0. The molecular weight excluding hydrogens is 258 g/mol. The third-order valence-electron chi connectivity index (χ3n) is 3.02. The Morgan fingerprint density at radius 1 is 1.21 bits per heavy atom. The largest absolute Gasteiger partial charge is 0.343 e. The van der Waals surface area contributed by atoms with Gasteiger partial charge in [0.1, 0.15) is 11.8 Å². The molecule has 0 N–H and O–H groups in total. The van der Waals surface area contributed by atoms with E-state index in [1.807, 2.05) is 42.6 Å². The number of halogens is 1. The van der Waals surface area contributed by atoms with E-state index in [-0.39, 0.29) is 0 Å². The van der Waals surface area contributed by atoms with E-state index < -0.39 is 0 Å². The highest BCUT2D eigenvalue weighted by Gasteiger charge is 2.03. The molecule has 0 spiro atoms. The molecule has 2 aromatic heterocycles. The summed E-state index contributed by atoms with van der Waals surface area (Å²) in [5, 5.41) is 10.7. The van der Waals surface area contributed by atoms with Crippen molar-refractivity contribution >= 4 is 22.5 Å². The lowest BCUT2D eigenvalue weighted by molar-refractivity contribution is 0.834. The van der Waals surface area contributed by atoms with Gasteiger partial charge in [-0.3, -0.25) is 0 Å². The van der Waals surface area contributed by atoms with Crippen molar-refractivity contribution in [2.45, 2.75) is 6.54 Å². The predicted octanol–water partition coefficient (Wildman–Crippen LogP) is 3.61. The van der Waals surface area contributed by atoms with Crippen molar-refractivity contribution in [1.82, 2.24) is 9.55 Å². The molecule has 0 amide bonds. The molecule has 3 aromatic rings. The fraction of sp³-hybridized carbons (Fsp3) is 0.0667. The van der Waals surface area contributed by atoms with E-state index in [9.17, 15) is 0 Å². The van der Waals surface area contributed by atoms with Crippen molar-refractivity contribution in [2.75, 3.05) is 0 Å². The van der Waals surface area contributed by atoms with Gasteiger partial charge in [0.05, 0.1) is 0 Å². The second-order valence-corrected chi connectivity index (χ2v) is 4.74. The number of hydrogen-bond acceptors (Lipinski definition) is 2. The molecule has 92 valence electrons. The van der Waals surface area contributed by atoms with Crippen LogP contribution < -0.4 is 0 Å². The van der Waals surface area contributed by atoms with Crippen LogP contribution in [0.2, 0.25) is 5.02 Å². The first-order chi connectivity index (χ1) is 9.26. The lowest BCUT2D eigenvalue weighted by Crippen LogP contribution is -1.98. The van der Waals surface area contributed by atoms with Crippen molar-refractivity contribution in [2.24, 2.45) is 0 Å². The first kappa shape index (κ1) is 11.8. The highest BCUT2D eigenvalue weighted by atomic mass is 35.5. The van der Waals surface area contributed by atoms with E-state index in [0.29, 0.717) is 12.2 Å². The van der Waals surface area contributed by atoms with Crippen molar-refractivity contribution in [3.63, 3.8) is 0 Å². The lowest BCUT2D eigenvalue weighted by atomic mass is 10.2. The standard InChI is InChI=1S/C15H10ClN3/c16-13-1-2-15-12(8-13)4-6-19(15)10-11-3-5-18-14(7-11)9-17/h1-8H,10H2. The van der Waals surface area contributed by atoms with Gasteiger partial charge in [0, 0.05) is 34.9 Å². The van der Waals surface area contributed by atoms with Crippen molar-refractivity contribution in [3.8, 4) is 6.07 Å². The molecule has 3 nitrogen and oxygen atoms in total. The minimum atomic E-state index is 0.442. The lowest BCUT2D eigenvalue weighted by Gasteiger charge is -2.06. The molecule has 19 heavy (non-hydrogen) atoms. The average molecular weight is 268 g/mol. The van der Waals surface area contributed by atoms with Crippen LogP contribution in [-0.2, 0) is 6.54 Å². The summed E-state index contributed by atoms with van der Waals surface area (Å²) in [5.41, 5.74) is 2.62. The quantitative estimate of drug-likeness (QED) is 0.712. The summed E-state index contributed by atoms with van der Waals surface area (Å²) in [7, 11) is 0. The molecule has 3 rings (SSSR count). The molecule has 0 saturated heterocycles. The third kappa shape index (κ3) is 2.31. The number of aromatic nitrogens is 2. The van der Waals surface area contributed by atoms with Crippen LogP contribution in [0.3, 0.4) is 0 Å². The first-order valence-electron chi connectivity index (χ1n) is 5.86. The van der Waals surface area contributed by atoms with Gasteiger partial charge < -0.3 is 4.57 Å². The summed E-state index contributed by atoms with van der Waals surface area (Å²) < 4.78 is 2.13. The maximum Gasteiger partial charge on any atom is 0.140 e. The van der Waals surface area contributed by atoms with Crippen LogP contribution in [0.15, 0.2) is 48.8 Å². The molecule has 0 saturated carbocycles. The summed E-state index contributed by atoms with van der Waals surface area (Å²) in [6.07, 6.45) is 3.68. The molecule has 0 aliphatic rings. The fourth-order valence-corrected chi connectivity index (χ4v) is 2.32. The normalized spacial score (nSPS) is 10.5. The molecule has 4 heteroatoms. The van der Waals surface area contributed by atoms with Gasteiger partial charge in [0.25, 0.3) is 0 Å². The number of pyridine rings is 1. The van der Waals surface area contributed by atoms with E-state index in [4.69, 9.17) is 16.9 Å². The number of nitrogens with zero attached hydrogens (tertiary/aromatic N) is 3. The van der Waals surface area contributed by atoms with Crippen LogP contribution in [0.4, 0.5) is 0 Å². The highest BCUT2D eigenvalue weighted by molar-refractivity contribution is 6.31. The predicted molar refractivity (Wildman–Crippen MR) is 75.0 cm³/mol. The van der Waals surface area contributed by atoms with E-state index >= 15 is 0 Å². The molecule has 0 bridgehead atoms. The van der Waals surface area contributed by atoms with Crippen LogP contribution in [0.1, 0.15) is 11.3 Å². The van der Waals surface area contributed by atoms with Crippen LogP contribution in [-0.4, -0.2) is 9.55 Å². The SMILES string of the molecule is N#Cc1cc(Cn2ccc3cc(Cl)ccc32)ccn1. The van der Waals surface area contributed by atoms with Crippen molar-refractivity contribution in [1.29, 1.82) is 5.26 Å². The molecule has 0 fully saturated rings. The topological polar surface area (TPSA) is 41.6 Å². The monoisotopic (exact) mass is 267 g/mol. The molecule has 2 heterocycles. The number of hydrogen-bond donors (Lipinski definition) is 0. The Labute approximate surface area is 115 Å². The van der Waals surface area contributed by atoms with Crippen LogP contribution in [0.25, 0.3) is 10.9 Å². The van der Waals surface area contributed by atoms with E-state index in [1.54, 1.807) is 6.20 Å². The van der Waals surface area contributed by atoms with Gasteiger partial charge in [0.2, 0.25) is 0 Å². The van der Waals surface area contributed by atoms with E-state index in [2.05, 4.69) is 15.6 Å². The molecular formula is C15H10ClN3. The van der Waals surface area contributed by atoms with Gasteiger partial charge in [-0.15, -0.1) is 0 Å². The van der Waals surface area contributed by atoms with Gasteiger partial charge >= 0.3 is 0 Å². The highest BCUT2D eigenvalue weighted by Crippen LogP contribution is 2.21. The van der Waals surface area contributed by atoms with Crippen molar-refractivity contribution < 1.29 is 0 Å². The van der Waals surface area contributed by atoms with E-state index in [0.717, 1.165) is 21.5 Å². The van der Waals surface area contributed by atoms with E-state index in [1.165, 1.54) is 0 Å². The number of benzene rings is 1. The Balaban J connectivity index is 1.99.